The maximum absolute atomic E-state index is 12.4. The highest BCUT2D eigenvalue weighted by atomic mass is 16.5. The molecule has 1 N–H and O–H groups in total. The fourth-order valence-corrected chi connectivity index (χ4v) is 5.66. The highest BCUT2D eigenvalue weighted by Crippen LogP contribution is 2.50. The molecular formula is C28H36N4O4. The summed E-state index contributed by atoms with van der Waals surface area (Å²) in [6.45, 7) is 7.60. The van der Waals surface area contributed by atoms with E-state index in [9.17, 15) is 5.11 Å². The Balaban J connectivity index is 1.42. The zero-order valence-electron chi connectivity index (χ0n) is 21.4. The van der Waals surface area contributed by atoms with Crippen molar-refractivity contribution in [1.82, 2.24) is 20.0 Å². The molecule has 0 aliphatic carbocycles. The first-order chi connectivity index (χ1) is 17.4. The van der Waals surface area contributed by atoms with Crippen LogP contribution < -0.4 is 0 Å². The minimum Gasteiger partial charge on any atom is -0.381 e. The maximum atomic E-state index is 12.4. The van der Waals surface area contributed by atoms with Crippen LogP contribution in [0.3, 0.4) is 0 Å². The van der Waals surface area contributed by atoms with Gasteiger partial charge in [-0.1, -0.05) is 49.7 Å². The second-order valence-corrected chi connectivity index (χ2v) is 10.5. The Morgan fingerprint density at radius 2 is 1.89 bits per heavy atom. The summed E-state index contributed by atoms with van der Waals surface area (Å²) in [5.74, 6) is 0.864. The van der Waals surface area contributed by atoms with Gasteiger partial charge in [0, 0.05) is 49.7 Å². The third-order valence-corrected chi connectivity index (χ3v) is 7.51. The number of aryl methyl sites for hydroxylation is 1. The van der Waals surface area contributed by atoms with Gasteiger partial charge in [0.15, 0.2) is 5.82 Å². The Hall–Kier alpha value is -2.65. The number of nitrogens with zero attached hydrogens (tertiary/aromatic N) is 4. The average molecular weight is 493 g/mol. The number of aromatic nitrogens is 3. The molecule has 0 bridgehead atoms. The van der Waals surface area contributed by atoms with Crippen molar-refractivity contribution < 1.29 is 19.1 Å². The SMILES string of the molecule is CCCc1ccc(C(O)(c2cncc(-c3nc(COC4CCOCC4)no3)c2)C2(C)CN(C)C2)cc1. The third-order valence-electron chi connectivity index (χ3n) is 7.51. The first-order valence-electron chi connectivity index (χ1n) is 12.9. The topological polar surface area (TPSA) is 93.7 Å². The van der Waals surface area contributed by atoms with Crippen LogP contribution in [0.4, 0.5) is 0 Å². The zero-order chi connectivity index (χ0) is 25.2. The van der Waals surface area contributed by atoms with Crippen LogP contribution in [0.1, 0.15) is 55.6 Å². The van der Waals surface area contributed by atoms with E-state index in [1.807, 2.05) is 6.07 Å². The van der Waals surface area contributed by atoms with Gasteiger partial charge in [-0.3, -0.25) is 4.98 Å². The van der Waals surface area contributed by atoms with Gasteiger partial charge in [0.1, 0.15) is 12.2 Å². The van der Waals surface area contributed by atoms with Crippen molar-refractivity contribution in [3.8, 4) is 11.5 Å². The third kappa shape index (κ3) is 4.83. The van der Waals surface area contributed by atoms with E-state index in [2.05, 4.69) is 65.2 Å². The molecule has 2 aliphatic heterocycles. The van der Waals surface area contributed by atoms with Crippen molar-refractivity contribution in [3.05, 3.63) is 65.2 Å². The number of ether oxygens (including phenoxy) is 2. The molecule has 3 aromatic rings. The van der Waals surface area contributed by atoms with Crippen molar-refractivity contribution in [1.29, 1.82) is 0 Å². The number of hydrogen-bond acceptors (Lipinski definition) is 8. The van der Waals surface area contributed by atoms with E-state index >= 15 is 0 Å². The second kappa shape index (κ2) is 10.4. The average Bonchev–Trinajstić information content (AvgIpc) is 3.37. The smallest absolute Gasteiger partial charge is 0.259 e. The standard InChI is InChI=1S/C28H36N4O4/c1-4-5-20-6-8-22(9-7-20)28(33,27(2)18-32(3)19-27)23-14-21(15-29-16-23)26-30-25(31-36-26)17-35-24-10-12-34-13-11-24/h6-9,14-16,24,33H,4-5,10-13,17-19H2,1-3H3. The summed E-state index contributed by atoms with van der Waals surface area (Å²) >= 11 is 0. The molecule has 1 unspecified atom stereocenters. The van der Waals surface area contributed by atoms with Crippen molar-refractivity contribution >= 4 is 0 Å². The fraction of sp³-hybridized carbons (Fsp3) is 0.536. The lowest BCUT2D eigenvalue weighted by Gasteiger charge is -2.55. The van der Waals surface area contributed by atoms with Gasteiger partial charge in [-0.05, 0) is 43.5 Å². The Kier molecular flexibility index (Phi) is 7.21. The highest BCUT2D eigenvalue weighted by molar-refractivity contribution is 5.55. The molecule has 36 heavy (non-hydrogen) atoms. The lowest BCUT2D eigenvalue weighted by molar-refractivity contribution is -0.127. The number of benzene rings is 1. The van der Waals surface area contributed by atoms with Crippen LogP contribution in [0.5, 0.6) is 0 Å². The molecule has 192 valence electrons. The summed E-state index contributed by atoms with van der Waals surface area (Å²) in [4.78, 5) is 11.2. The molecule has 2 fully saturated rings. The minimum atomic E-state index is -1.22. The fourth-order valence-electron chi connectivity index (χ4n) is 5.66. The number of pyridine rings is 1. The van der Waals surface area contributed by atoms with Crippen LogP contribution in [0.25, 0.3) is 11.5 Å². The van der Waals surface area contributed by atoms with Crippen LogP contribution in [-0.4, -0.2) is 64.6 Å². The normalized spacial score (nSPS) is 20.1. The van der Waals surface area contributed by atoms with Gasteiger partial charge < -0.3 is 24.0 Å². The Morgan fingerprint density at radius 3 is 2.58 bits per heavy atom. The first-order valence-corrected chi connectivity index (χ1v) is 12.9. The zero-order valence-corrected chi connectivity index (χ0v) is 21.4. The highest BCUT2D eigenvalue weighted by Gasteiger charge is 2.55. The molecule has 8 heteroatoms. The summed E-state index contributed by atoms with van der Waals surface area (Å²) in [6.07, 6.45) is 7.47. The Bertz CT molecular complexity index is 1150. The van der Waals surface area contributed by atoms with E-state index in [1.165, 1.54) is 5.56 Å². The van der Waals surface area contributed by atoms with Crippen molar-refractivity contribution in [3.63, 3.8) is 0 Å². The molecule has 1 atom stereocenters. The monoisotopic (exact) mass is 492 g/mol. The van der Waals surface area contributed by atoms with Gasteiger partial charge in [-0.25, -0.2) is 0 Å². The predicted octanol–water partition coefficient (Wildman–Crippen LogP) is 3.97. The molecule has 2 aliphatic rings. The van der Waals surface area contributed by atoms with Gasteiger partial charge >= 0.3 is 0 Å². The molecule has 1 aromatic carbocycles. The molecule has 0 radical (unpaired) electrons. The lowest BCUT2D eigenvalue weighted by atomic mass is 9.62. The molecule has 5 rings (SSSR count). The van der Waals surface area contributed by atoms with E-state index in [0.717, 1.165) is 63.1 Å². The van der Waals surface area contributed by atoms with E-state index in [0.29, 0.717) is 23.9 Å². The van der Waals surface area contributed by atoms with Crippen LogP contribution in [-0.2, 0) is 28.1 Å². The largest absolute Gasteiger partial charge is 0.381 e. The summed E-state index contributed by atoms with van der Waals surface area (Å²) in [5.41, 5.74) is 1.95. The minimum absolute atomic E-state index is 0.158. The van der Waals surface area contributed by atoms with Crippen LogP contribution in [0, 0.1) is 5.41 Å². The summed E-state index contributed by atoms with van der Waals surface area (Å²) in [6, 6.07) is 10.3. The van der Waals surface area contributed by atoms with Gasteiger partial charge in [-0.2, -0.15) is 4.98 Å². The molecule has 0 spiro atoms. The Morgan fingerprint density at radius 1 is 1.14 bits per heavy atom. The maximum Gasteiger partial charge on any atom is 0.259 e. The summed E-state index contributed by atoms with van der Waals surface area (Å²) in [5, 5.41) is 16.5. The quantitative estimate of drug-likeness (QED) is 0.480. The van der Waals surface area contributed by atoms with Gasteiger partial charge in [0.2, 0.25) is 0 Å². The van der Waals surface area contributed by atoms with Crippen LogP contribution in [0.2, 0.25) is 0 Å². The van der Waals surface area contributed by atoms with Crippen LogP contribution >= 0.6 is 0 Å². The molecule has 0 saturated carbocycles. The van der Waals surface area contributed by atoms with Gasteiger partial charge in [0.25, 0.3) is 5.89 Å². The number of hydrogen-bond donors (Lipinski definition) is 1. The molecular weight excluding hydrogens is 456 g/mol. The molecule has 4 heterocycles. The Labute approximate surface area is 212 Å². The summed E-state index contributed by atoms with van der Waals surface area (Å²) in [7, 11) is 2.07. The molecule has 2 saturated heterocycles. The lowest BCUT2D eigenvalue weighted by Crippen LogP contribution is -2.63. The molecule has 8 nitrogen and oxygen atoms in total. The summed E-state index contributed by atoms with van der Waals surface area (Å²) < 4.78 is 16.9. The second-order valence-electron chi connectivity index (χ2n) is 10.5. The van der Waals surface area contributed by atoms with E-state index in [1.54, 1.807) is 12.4 Å². The number of likely N-dealkylation sites (tertiary alicyclic amines) is 1. The van der Waals surface area contributed by atoms with Gasteiger partial charge in [-0.15, -0.1) is 0 Å². The first kappa shape index (κ1) is 25.0. The van der Waals surface area contributed by atoms with Crippen molar-refractivity contribution in [2.45, 2.75) is 57.8 Å². The van der Waals surface area contributed by atoms with E-state index < -0.39 is 5.60 Å². The number of aliphatic hydroxyl groups is 1. The van der Waals surface area contributed by atoms with E-state index in [4.69, 9.17) is 14.0 Å². The number of rotatable bonds is 9. The molecule has 0 amide bonds. The van der Waals surface area contributed by atoms with Crippen LogP contribution in [0.15, 0.2) is 47.2 Å². The van der Waals surface area contributed by atoms with E-state index in [-0.39, 0.29) is 11.5 Å². The van der Waals surface area contributed by atoms with Crippen molar-refractivity contribution in [2.75, 3.05) is 33.4 Å². The molecule has 2 aromatic heterocycles. The van der Waals surface area contributed by atoms with Crippen molar-refractivity contribution in [2.24, 2.45) is 5.41 Å². The predicted molar refractivity (Wildman–Crippen MR) is 135 cm³/mol. The van der Waals surface area contributed by atoms with Gasteiger partial charge in [0.05, 0.1) is 11.7 Å².